The van der Waals surface area contributed by atoms with Crippen LogP contribution in [0.25, 0.3) is 0 Å². The van der Waals surface area contributed by atoms with Crippen LogP contribution in [0.1, 0.15) is 20.3 Å². The lowest BCUT2D eigenvalue weighted by Gasteiger charge is -2.13. The summed E-state index contributed by atoms with van der Waals surface area (Å²) in [6.07, 6.45) is 0.953. The predicted octanol–water partition coefficient (Wildman–Crippen LogP) is 1.62. The molecule has 11 heavy (non-hydrogen) atoms. The molecule has 0 saturated heterocycles. The Kier molecular flexibility index (Phi) is 5.35. The van der Waals surface area contributed by atoms with Gasteiger partial charge in [-0.3, -0.25) is 0 Å². The SMILES string of the molecule is CC(C)(C#N)CCSCCN. The molecule has 0 bridgehead atoms. The first-order valence-electron chi connectivity index (χ1n) is 3.81. The van der Waals surface area contributed by atoms with Gasteiger partial charge in [-0.15, -0.1) is 0 Å². The first-order valence-corrected chi connectivity index (χ1v) is 4.97. The second kappa shape index (κ2) is 5.45. The van der Waals surface area contributed by atoms with E-state index in [1.165, 1.54) is 0 Å². The third-order valence-electron chi connectivity index (χ3n) is 1.44. The lowest BCUT2D eigenvalue weighted by Crippen LogP contribution is -2.10. The van der Waals surface area contributed by atoms with E-state index in [0.717, 1.165) is 24.5 Å². The highest BCUT2D eigenvalue weighted by Gasteiger charge is 2.15. The smallest absolute Gasteiger partial charge is 0.0684 e. The number of thioether (sulfide) groups is 1. The molecule has 0 aliphatic rings. The normalized spacial score (nSPS) is 11.1. The number of rotatable bonds is 5. The highest BCUT2D eigenvalue weighted by Crippen LogP contribution is 2.20. The molecule has 64 valence electrons. The summed E-state index contributed by atoms with van der Waals surface area (Å²) in [5.41, 5.74) is 5.16. The molecule has 0 unspecified atom stereocenters. The topological polar surface area (TPSA) is 49.8 Å². The van der Waals surface area contributed by atoms with Crippen molar-refractivity contribution in [2.45, 2.75) is 20.3 Å². The number of hydrogen-bond donors (Lipinski definition) is 1. The minimum Gasteiger partial charge on any atom is -0.330 e. The molecule has 0 aromatic heterocycles. The maximum Gasteiger partial charge on any atom is 0.0684 e. The van der Waals surface area contributed by atoms with Crippen LogP contribution >= 0.6 is 11.8 Å². The minimum absolute atomic E-state index is 0.165. The molecule has 2 nitrogen and oxygen atoms in total. The van der Waals surface area contributed by atoms with Gasteiger partial charge in [-0.25, -0.2) is 0 Å². The molecule has 2 N–H and O–H groups in total. The number of nitrogens with two attached hydrogens (primary N) is 1. The molecule has 0 fully saturated rings. The van der Waals surface area contributed by atoms with Crippen molar-refractivity contribution in [2.75, 3.05) is 18.1 Å². The van der Waals surface area contributed by atoms with Gasteiger partial charge in [0, 0.05) is 12.3 Å². The van der Waals surface area contributed by atoms with Crippen molar-refractivity contribution in [1.29, 1.82) is 5.26 Å². The molecule has 3 heteroatoms. The van der Waals surface area contributed by atoms with Crippen molar-refractivity contribution in [3.63, 3.8) is 0 Å². The molecule has 0 radical (unpaired) electrons. The van der Waals surface area contributed by atoms with Gasteiger partial charge in [0.25, 0.3) is 0 Å². The zero-order valence-corrected chi connectivity index (χ0v) is 8.08. The zero-order chi connectivity index (χ0) is 8.74. The Morgan fingerprint density at radius 2 is 2.09 bits per heavy atom. The largest absolute Gasteiger partial charge is 0.330 e. The summed E-state index contributed by atoms with van der Waals surface area (Å²) in [5, 5.41) is 8.67. The van der Waals surface area contributed by atoms with Gasteiger partial charge in [-0.2, -0.15) is 17.0 Å². The van der Waals surface area contributed by atoms with Crippen molar-refractivity contribution >= 4 is 11.8 Å². The third-order valence-corrected chi connectivity index (χ3v) is 2.45. The van der Waals surface area contributed by atoms with Crippen molar-refractivity contribution in [3.05, 3.63) is 0 Å². The second-order valence-corrected chi connectivity index (χ2v) is 4.37. The minimum atomic E-state index is -0.165. The molecule has 0 spiro atoms. The van der Waals surface area contributed by atoms with E-state index in [4.69, 9.17) is 11.0 Å². The van der Waals surface area contributed by atoms with Crippen LogP contribution in [0.2, 0.25) is 0 Å². The molecule has 0 amide bonds. The summed E-state index contributed by atoms with van der Waals surface area (Å²) in [7, 11) is 0. The average molecular weight is 172 g/mol. The van der Waals surface area contributed by atoms with E-state index >= 15 is 0 Å². The maximum atomic E-state index is 8.67. The quantitative estimate of drug-likeness (QED) is 0.641. The highest BCUT2D eigenvalue weighted by molar-refractivity contribution is 7.99. The van der Waals surface area contributed by atoms with Crippen molar-refractivity contribution < 1.29 is 0 Å². The van der Waals surface area contributed by atoms with Gasteiger partial charge >= 0.3 is 0 Å². The van der Waals surface area contributed by atoms with Crippen LogP contribution in [0.3, 0.4) is 0 Å². The van der Waals surface area contributed by atoms with Gasteiger partial charge in [0.15, 0.2) is 0 Å². The molecule has 0 rings (SSSR count). The maximum absolute atomic E-state index is 8.67. The van der Waals surface area contributed by atoms with E-state index in [9.17, 15) is 0 Å². The number of nitrogens with zero attached hydrogens (tertiary/aromatic N) is 1. The summed E-state index contributed by atoms with van der Waals surface area (Å²) in [5.74, 6) is 2.04. The number of nitriles is 1. The molecule has 0 aromatic rings. The highest BCUT2D eigenvalue weighted by atomic mass is 32.2. The van der Waals surface area contributed by atoms with Gasteiger partial charge in [0.2, 0.25) is 0 Å². The lowest BCUT2D eigenvalue weighted by molar-refractivity contribution is 0.482. The Bertz CT molecular complexity index is 138. The average Bonchev–Trinajstić information content (AvgIpc) is 1.99. The molecule has 0 aromatic carbocycles. The standard InChI is InChI=1S/C8H16N2S/c1-8(2,7-10)3-5-11-6-4-9/h3-6,9H2,1-2H3. The van der Waals surface area contributed by atoms with Gasteiger partial charge in [-0.05, 0) is 26.0 Å². The third kappa shape index (κ3) is 6.21. The molecule has 0 atom stereocenters. The van der Waals surface area contributed by atoms with Crippen LogP contribution in [0, 0.1) is 16.7 Å². The molecule has 0 heterocycles. The van der Waals surface area contributed by atoms with Gasteiger partial charge in [0.05, 0.1) is 11.5 Å². The van der Waals surface area contributed by atoms with E-state index < -0.39 is 0 Å². The summed E-state index contributed by atoms with van der Waals surface area (Å²) in [4.78, 5) is 0. The van der Waals surface area contributed by atoms with Crippen LogP contribution in [-0.4, -0.2) is 18.1 Å². The van der Waals surface area contributed by atoms with E-state index in [1.54, 1.807) is 0 Å². The van der Waals surface area contributed by atoms with Crippen LogP contribution in [0.5, 0.6) is 0 Å². The van der Waals surface area contributed by atoms with Gasteiger partial charge in [0.1, 0.15) is 0 Å². The molecular weight excluding hydrogens is 156 g/mol. The number of hydrogen-bond acceptors (Lipinski definition) is 3. The van der Waals surface area contributed by atoms with E-state index in [2.05, 4.69) is 6.07 Å². The molecule has 0 aliphatic carbocycles. The summed E-state index contributed by atoms with van der Waals surface area (Å²) in [6, 6.07) is 2.27. The summed E-state index contributed by atoms with van der Waals surface area (Å²) in [6.45, 7) is 4.67. The van der Waals surface area contributed by atoms with E-state index in [-0.39, 0.29) is 5.41 Å². The van der Waals surface area contributed by atoms with E-state index in [1.807, 2.05) is 25.6 Å². The predicted molar refractivity (Wildman–Crippen MR) is 50.4 cm³/mol. The summed E-state index contributed by atoms with van der Waals surface area (Å²) < 4.78 is 0. The van der Waals surface area contributed by atoms with Gasteiger partial charge < -0.3 is 5.73 Å². The molecular formula is C8H16N2S. The van der Waals surface area contributed by atoms with Crippen molar-refractivity contribution in [2.24, 2.45) is 11.1 Å². The fourth-order valence-electron chi connectivity index (χ4n) is 0.569. The van der Waals surface area contributed by atoms with Crippen LogP contribution in [0.4, 0.5) is 0 Å². The Labute approximate surface area is 73.1 Å². The zero-order valence-electron chi connectivity index (χ0n) is 7.26. The fraction of sp³-hybridized carbons (Fsp3) is 0.875. The van der Waals surface area contributed by atoms with E-state index in [0.29, 0.717) is 0 Å². The van der Waals surface area contributed by atoms with Crippen molar-refractivity contribution in [1.82, 2.24) is 0 Å². The monoisotopic (exact) mass is 172 g/mol. The van der Waals surface area contributed by atoms with Crippen LogP contribution in [0.15, 0.2) is 0 Å². The van der Waals surface area contributed by atoms with Crippen LogP contribution in [-0.2, 0) is 0 Å². The Morgan fingerprint density at radius 3 is 2.55 bits per heavy atom. The van der Waals surface area contributed by atoms with Gasteiger partial charge in [-0.1, -0.05) is 0 Å². The Balaban J connectivity index is 3.32. The lowest BCUT2D eigenvalue weighted by atomic mass is 9.93. The Morgan fingerprint density at radius 1 is 1.45 bits per heavy atom. The summed E-state index contributed by atoms with van der Waals surface area (Å²) >= 11 is 1.82. The first kappa shape index (κ1) is 10.8. The fourth-order valence-corrected chi connectivity index (χ4v) is 1.59. The Hall–Kier alpha value is -0.200. The van der Waals surface area contributed by atoms with Crippen LogP contribution < -0.4 is 5.73 Å². The molecule has 0 saturated carbocycles. The van der Waals surface area contributed by atoms with Crippen molar-refractivity contribution in [3.8, 4) is 6.07 Å². The molecule has 0 aliphatic heterocycles. The second-order valence-electron chi connectivity index (χ2n) is 3.15. The first-order chi connectivity index (χ1) is 5.12.